The zero-order valence-electron chi connectivity index (χ0n) is 17.9. The quantitative estimate of drug-likeness (QED) is 0.653. The van der Waals surface area contributed by atoms with Crippen LogP contribution in [-0.4, -0.2) is 77.3 Å². The van der Waals surface area contributed by atoms with Crippen LogP contribution in [0.2, 0.25) is 0 Å². The van der Waals surface area contributed by atoms with Crippen molar-refractivity contribution in [2.75, 3.05) is 51.3 Å². The summed E-state index contributed by atoms with van der Waals surface area (Å²) in [6.07, 6.45) is 7.01. The Hall–Kier alpha value is -2.84. The highest BCUT2D eigenvalue weighted by Crippen LogP contribution is 2.35. The largest absolute Gasteiger partial charge is 0.378 e. The molecule has 3 aliphatic heterocycles. The maximum absolute atomic E-state index is 5.55. The fraction of sp³-hybridized carbons (Fsp3) is 0.478. The van der Waals surface area contributed by atoms with E-state index >= 15 is 0 Å². The van der Waals surface area contributed by atoms with Crippen LogP contribution in [-0.2, 0) is 11.2 Å². The first-order chi connectivity index (χ1) is 15.3. The molecule has 0 bridgehead atoms. The number of likely N-dealkylation sites (tertiary alicyclic amines) is 1. The van der Waals surface area contributed by atoms with Crippen LogP contribution in [0.15, 0.2) is 29.4 Å². The minimum atomic E-state index is 0.374. The van der Waals surface area contributed by atoms with Crippen LogP contribution in [0.3, 0.4) is 0 Å². The normalized spacial score (nSPS) is 20.0. The average molecular weight is 418 g/mol. The van der Waals surface area contributed by atoms with E-state index in [1.54, 1.807) is 0 Å². The van der Waals surface area contributed by atoms with Gasteiger partial charge in [-0.15, -0.1) is 0 Å². The van der Waals surface area contributed by atoms with Gasteiger partial charge in [-0.1, -0.05) is 12.1 Å². The number of piperidine rings is 1. The summed E-state index contributed by atoms with van der Waals surface area (Å²) in [6.45, 7) is 5.20. The number of benzene rings is 1. The Labute approximate surface area is 181 Å². The third-order valence-electron chi connectivity index (χ3n) is 6.67. The minimum Gasteiger partial charge on any atom is -0.378 e. The first-order valence-corrected chi connectivity index (χ1v) is 11.2. The fourth-order valence-corrected chi connectivity index (χ4v) is 4.79. The van der Waals surface area contributed by atoms with E-state index in [1.165, 1.54) is 5.56 Å². The number of aromatic nitrogens is 4. The zero-order chi connectivity index (χ0) is 20.8. The maximum atomic E-state index is 5.55. The van der Waals surface area contributed by atoms with Crippen LogP contribution >= 0.6 is 0 Å². The lowest BCUT2D eigenvalue weighted by molar-refractivity contribution is 0.122. The van der Waals surface area contributed by atoms with Crippen LogP contribution in [0.25, 0.3) is 22.3 Å². The van der Waals surface area contributed by atoms with Crippen molar-refractivity contribution in [3.05, 3.63) is 30.0 Å². The van der Waals surface area contributed by atoms with Gasteiger partial charge >= 0.3 is 0 Å². The number of morpholine rings is 1. The SMILES string of the molecule is CN1CCC(n2ncc3c(-c4ccc5c(c4)N=CC5)nc(N4CCOCC4)nc32)CC1. The van der Waals surface area contributed by atoms with Gasteiger partial charge in [0.15, 0.2) is 5.65 Å². The number of nitrogens with zero attached hydrogens (tertiary/aromatic N) is 7. The van der Waals surface area contributed by atoms with Gasteiger partial charge in [-0.2, -0.15) is 10.1 Å². The van der Waals surface area contributed by atoms with E-state index < -0.39 is 0 Å². The highest BCUT2D eigenvalue weighted by Gasteiger charge is 2.25. The van der Waals surface area contributed by atoms with E-state index in [-0.39, 0.29) is 0 Å². The smallest absolute Gasteiger partial charge is 0.228 e. The lowest BCUT2D eigenvalue weighted by Gasteiger charge is -2.30. The van der Waals surface area contributed by atoms with Crippen molar-refractivity contribution in [2.45, 2.75) is 25.3 Å². The van der Waals surface area contributed by atoms with Crippen molar-refractivity contribution >= 4 is 28.9 Å². The highest BCUT2D eigenvalue weighted by molar-refractivity contribution is 5.92. The monoisotopic (exact) mass is 417 g/mol. The van der Waals surface area contributed by atoms with Gasteiger partial charge < -0.3 is 14.5 Å². The van der Waals surface area contributed by atoms with Gasteiger partial charge in [-0.05, 0) is 44.6 Å². The molecule has 0 N–H and O–H groups in total. The van der Waals surface area contributed by atoms with E-state index in [0.29, 0.717) is 19.3 Å². The van der Waals surface area contributed by atoms with Crippen molar-refractivity contribution in [1.82, 2.24) is 24.6 Å². The molecule has 31 heavy (non-hydrogen) atoms. The molecule has 6 rings (SSSR count). The summed E-state index contributed by atoms with van der Waals surface area (Å²) < 4.78 is 7.69. The van der Waals surface area contributed by atoms with Gasteiger partial charge in [0.2, 0.25) is 5.95 Å². The Balaban J connectivity index is 1.49. The van der Waals surface area contributed by atoms with Crippen LogP contribution < -0.4 is 4.90 Å². The Morgan fingerprint density at radius 3 is 2.71 bits per heavy atom. The van der Waals surface area contributed by atoms with E-state index in [9.17, 15) is 0 Å². The first kappa shape index (κ1) is 18.9. The topological polar surface area (TPSA) is 71.7 Å². The maximum Gasteiger partial charge on any atom is 0.228 e. The third kappa shape index (κ3) is 3.40. The molecule has 2 aromatic heterocycles. The predicted octanol–water partition coefficient (Wildman–Crippen LogP) is 2.86. The first-order valence-electron chi connectivity index (χ1n) is 11.2. The van der Waals surface area contributed by atoms with Crippen LogP contribution in [0.5, 0.6) is 0 Å². The van der Waals surface area contributed by atoms with E-state index in [0.717, 1.165) is 79.4 Å². The number of aliphatic imine (C=N–C) groups is 1. The molecule has 160 valence electrons. The Kier molecular flexibility index (Phi) is 4.69. The number of hydrogen-bond donors (Lipinski definition) is 0. The summed E-state index contributed by atoms with van der Waals surface area (Å²) in [4.78, 5) is 19.2. The second kappa shape index (κ2) is 7.69. The lowest BCUT2D eigenvalue weighted by Crippen LogP contribution is -2.37. The molecule has 1 aromatic carbocycles. The summed E-state index contributed by atoms with van der Waals surface area (Å²) in [5.41, 5.74) is 5.26. The second-order valence-electron chi connectivity index (χ2n) is 8.69. The van der Waals surface area contributed by atoms with Crippen LogP contribution in [0.4, 0.5) is 11.6 Å². The zero-order valence-corrected chi connectivity index (χ0v) is 17.9. The molecule has 0 saturated carbocycles. The molecule has 3 aromatic rings. The van der Waals surface area contributed by atoms with Crippen molar-refractivity contribution < 1.29 is 4.74 Å². The molecule has 0 unspecified atom stereocenters. The van der Waals surface area contributed by atoms with E-state index in [2.05, 4.69) is 44.7 Å². The summed E-state index contributed by atoms with van der Waals surface area (Å²) >= 11 is 0. The predicted molar refractivity (Wildman–Crippen MR) is 121 cm³/mol. The van der Waals surface area contributed by atoms with Crippen LogP contribution in [0, 0.1) is 0 Å². The van der Waals surface area contributed by atoms with Gasteiger partial charge in [0.05, 0.1) is 42.2 Å². The molecule has 0 spiro atoms. The van der Waals surface area contributed by atoms with E-state index in [4.69, 9.17) is 19.8 Å². The molecule has 8 nitrogen and oxygen atoms in total. The molecule has 0 atom stereocenters. The third-order valence-corrected chi connectivity index (χ3v) is 6.67. The Morgan fingerprint density at radius 2 is 1.87 bits per heavy atom. The molecule has 2 fully saturated rings. The standard InChI is InChI=1S/C23H27N7O/c1-28-8-5-18(6-9-28)30-22-19(15-25-30)21(17-3-2-16-4-7-24-20(16)14-17)26-23(27-22)29-10-12-31-13-11-29/h2-3,7,14-15,18H,4-6,8-13H2,1H3. The summed E-state index contributed by atoms with van der Waals surface area (Å²) in [5.74, 6) is 0.768. The summed E-state index contributed by atoms with van der Waals surface area (Å²) in [6, 6.07) is 6.85. The van der Waals surface area contributed by atoms with Crippen molar-refractivity contribution in [3.63, 3.8) is 0 Å². The van der Waals surface area contributed by atoms with Crippen molar-refractivity contribution in [1.29, 1.82) is 0 Å². The number of anilines is 1. The van der Waals surface area contributed by atoms with Crippen molar-refractivity contribution in [3.8, 4) is 11.3 Å². The fourth-order valence-electron chi connectivity index (χ4n) is 4.79. The number of hydrogen-bond acceptors (Lipinski definition) is 7. The molecular weight excluding hydrogens is 390 g/mol. The highest BCUT2D eigenvalue weighted by atomic mass is 16.5. The molecular formula is C23H27N7O. The van der Waals surface area contributed by atoms with Crippen molar-refractivity contribution in [2.24, 2.45) is 4.99 Å². The molecule has 0 radical (unpaired) electrons. The Morgan fingerprint density at radius 1 is 1.03 bits per heavy atom. The number of rotatable bonds is 3. The molecule has 8 heteroatoms. The average Bonchev–Trinajstić information content (AvgIpc) is 3.46. The number of fused-ring (bicyclic) bond motifs is 2. The van der Waals surface area contributed by atoms with Gasteiger partial charge in [-0.3, -0.25) is 4.99 Å². The van der Waals surface area contributed by atoms with Gasteiger partial charge in [0, 0.05) is 31.3 Å². The van der Waals surface area contributed by atoms with Gasteiger partial charge in [-0.25, -0.2) is 9.67 Å². The lowest BCUT2D eigenvalue weighted by atomic mass is 10.0. The summed E-state index contributed by atoms with van der Waals surface area (Å²) in [5, 5.41) is 5.82. The molecule has 0 amide bonds. The van der Waals surface area contributed by atoms with Crippen LogP contribution in [0.1, 0.15) is 24.4 Å². The minimum absolute atomic E-state index is 0.374. The van der Waals surface area contributed by atoms with Gasteiger partial charge in [0.1, 0.15) is 0 Å². The molecule has 5 heterocycles. The second-order valence-corrected chi connectivity index (χ2v) is 8.69. The molecule has 3 aliphatic rings. The molecule has 2 saturated heterocycles. The Bertz CT molecular complexity index is 1140. The molecule has 0 aliphatic carbocycles. The number of ether oxygens (including phenoxy) is 1. The summed E-state index contributed by atoms with van der Waals surface area (Å²) in [7, 11) is 2.19. The van der Waals surface area contributed by atoms with Gasteiger partial charge in [0.25, 0.3) is 0 Å². The van der Waals surface area contributed by atoms with E-state index in [1.807, 2.05) is 12.4 Å².